The SMILES string of the molecule is NC(N)=NCCC[C@H](NC(=O)c1ccc(Cc2cccc3ccccc23)[nH]c1=O)C(=O)O. The summed E-state index contributed by atoms with van der Waals surface area (Å²) < 4.78 is 0. The molecule has 0 radical (unpaired) electrons. The van der Waals surface area contributed by atoms with Crippen molar-refractivity contribution < 1.29 is 14.7 Å². The Morgan fingerprint density at radius 1 is 1.06 bits per heavy atom. The van der Waals surface area contributed by atoms with Crippen LogP contribution in [0.1, 0.15) is 34.5 Å². The zero-order valence-corrected chi connectivity index (χ0v) is 17.4. The van der Waals surface area contributed by atoms with E-state index >= 15 is 0 Å². The van der Waals surface area contributed by atoms with Gasteiger partial charge in [-0.25, -0.2) is 4.79 Å². The van der Waals surface area contributed by atoms with Crippen molar-refractivity contribution in [2.24, 2.45) is 16.5 Å². The Bertz CT molecular complexity index is 1210. The van der Waals surface area contributed by atoms with Crippen molar-refractivity contribution in [3.8, 4) is 0 Å². The zero-order valence-electron chi connectivity index (χ0n) is 17.4. The summed E-state index contributed by atoms with van der Waals surface area (Å²) in [6.45, 7) is 0.242. The van der Waals surface area contributed by atoms with Crippen LogP contribution in [0.3, 0.4) is 0 Å². The second-order valence-corrected chi connectivity index (χ2v) is 7.35. The Morgan fingerprint density at radius 2 is 1.81 bits per heavy atom. The van der Waals surface area contributed by atoms with Crippen LogP contribution in [0.4, 0.5) is 0 Å². The smallest absolute Gasteiger partial charge is 0.326 e. The van der Waals surface area contributed by atoms with Gasteiger partial charge in [-0.05, 0) is 41.3 Å². The lowest BCUT2D eigenvalue weighted by Crippen LogP contribution is -2.42. The third-order valence-electron chi connectivity index (χ3n) is 5.02. The van der Waals surface area contributed by atoms with Gasteiger partial charge in [0, 0.05) is 18.7 Å². The van der Waals surface area contributed by atoms with E-state index in [0.29, 0.717) is 18.5 Å². The highest BCUT2D eigenvalue weighted by Crippen LogP contribution is 2.20. The quantitative estimate of drug-likeness (QED) is 0.193. The minimum absolute atomic E-state index is 0.0870. The van der Waals surface area contributed by atoms with Gasteiger partial charge >= 0.3 is 5.97 Å². The number of carboxylic acid groups (broad SMARTS) is 1. The molecule has 0 aliphatic rings. The lowest BCUT2D eigenvalue weighted by atomic mass is 10.0. The maximum absolute atomic E-state index is 12.5. The summed E-state index contributed by atoms with van der Waals surface area (Å²) in [6.07, 6.45) is 0.964. The number of fused-ring (bicyclic) bond motifs is 1. The molecule has 32 heavy (non-hydrogen) atoms. The second-order valence-electron chi connectivity index (χ2n) is 7.35. The van der Waals surface area contributed by atoms with E-state index in [9.17, 15) is 19.5 Å². The molecule has 0 aliphatic carbocycles. The molecule has 0 saturated carbocycles. The standard InChI is InChI=1S/C23H25N5O4/c24-23(25)26-12-4-9-19(22(31)32)28-21(30)18-11-10-16(27-20(18)29)13-15-7-3-6-14-5-1-2-8-17(14)15/h1-3,5-8,10-11,19H,4,9,12-13H2,(H,27,29)(H,28,30)(H,31,32)(H4,24,25,26)/t19-/m0/s1. The van der Waals surface area contributed by atoms with E-state index in [1.54, 1.807) is 6.07 Å². The van der Waals surface area contributed by atoms with Crippen molar-refractivity contribution in [1.29, 1.82) is 0 Å². The Kier molecular flexibility index (Phi) is 7.22. The third kappa shape index (κ3) is 5.72. The van der Waals surface area contributed by atoms with Crippen molar-refractivity contribution in [3.63, 3.8) is 0 Å². The maximum atomic E-state index is 12.5. The number of aromatic nitrogens is 1. The van der Waals surface area contributed by atoms with Gasteiger partial charge in [-0.3, -0.25) is 14.6 Å². The van der Waals surface area contributed by atoms with Crippen molar-refractivity contribution >= 4 is 28.6 Å². The molecular formula is C23H25N5O4. The summed E-state index contributed by atoms with van der Waals surface area (Å²) in [4.78, 5) is 43.0. The number of nitrogens with two attached hydrogens (primary N) is 2. The van der Waals surface area contributed by atoms with Crippen LogP contribution in [0.25, 0.3) is 10.8 Å². The fourth-order valence-corrected chi connectivity index (χ4v) is 3.45. The van der Waals surface area contributed by atoms with Gasteiger partial charge < -0.3 is 26.9 Å². The van der Waals surface area contributed by atoms with Gasteiger partial charge in [0.1, 0.15) is 11.6 Å². The number of nitrogens with zero attached hydrogens (tertiary/aromatic N) is 1. The predicted octanol–water partition coefficient (Wildman–Crippen LogP) is 1.36. The number of aliphatic imine (C=N–C) groups is 1. The lowest BCUT2D eigenvalue weighted by molar-refractivity contribution is -0.139. The lowest BCUT2D eigenvalue weighted by Gasteiger charge is -2.14. The number of pyridine rings is 1. The Hall–Kier alpha value is -4.14. The van der Waals surface area contributed by atoms with Crippen LogP contribution in [-0.4, -0.2) is 40.5 Å². The van der Waals surface area contributed by atoms with Gasteiger partial charge in [-0.1, -0.05) is 42.5 Å². The number of aromatic amines is 1. The second kappa shape index (κ2) is 10.3. The predicted molar refractivity (Wildman–Crippen MR) is 123 cm³/mol. The van der Waals surface area contributed by atoms with Crippen LogP contribution in [0.5, 0.6) is 0 Å². The Balaban J connectivity index is 1.71. The van der Waals surface area contributed by atoms with Crippen molar-refractivity contribution in [1.82, 2.24) is 10.3 Å². The molecule has 1 amide bonds. The van der Waals surface area contributed by atoms with Crippen LogP contribution < -0.4 is 22.3 Å². The molecule has 2 aromatic carbocycles. The van der Waals surface area contributed by atoms with E-state index in [1.807, 2.05) is 42.5 Å². The molecule has 0 unspecified atom stereocenters. The highest BCUT2D eigenvalue weighted by Gasteiger charge is 2.21. The molecule has 0 bridgehead atoms. The highest BCUT2D eigenvalue weighted by molar-refractivity contribution is 5.96. The first-order chi connectivity index (χ1) is 15.3. The Labute approximate surface area is 184 Å². The highest BCUT2D eigenvalue weighted by atomic mass is 16.4. The Morgan fingerprint density at radius 3 is 2.53 bits per heavy atom. The first-order valence-electron chi connectivity index (χ1n) is 10.1. The number of carbonyl (C=O) groups excluding carboxylic acids is 1. The molecule has 166 valence electrons. The molecule has 9 nitrogen and oxygen atoms in total. The molecule has 0 fully saturated rings. The molecule has 1 aromatic heterocycles. The van der Waals surface area contributed by atoms with E-state index in [-0.39, 0.29) is 24.5 Å². The number of guanidine groups is 1. The van der Waals surface area contributed by atoms with E-state index in [4.69, 9.17) is 11.5 Å². The van der Waals surface area contributed by atoms with Crippen LogP contribution in [-0.2, 0) is 11.2 Å². The monoisotopic (exact) mass is 435 g/mol. The summed E-state index contributed by atoms with van der Waals surface area (Å²) in [5.74, 6) is -2.04. The molecule has 0 aliphatic heterocycles. The van der Waals surface area contributed by atoms with Gasteiger partial charge in [0.05, 0.1) is 0 Å². The van der Waals surface area contributed by atoms with Gasteiger partial charge in [0.2, 0.25) is 0 Å². The van der Waals surface area contributed by atoms with Gasteiger partial charge in [-0.2, -0.15) is 0 Å². The molecule has 1 atom stereocenters. The van der Waals surface area contributed by atoms with E-state index in [1.165, 1.54) is 6.07 Å². The number of rotatable bonds is 9. The van der Waals surface area contributed by atoms with E-state index in [0.717, 1.165) is 16.3 Å². The summed E-state index contributed by atoms with van der Waals surface area (Å²) >= 11 is 0. The molecule has 7 N–H and O–H groups in total. The van der Waals surface area contributed by atoms with Crippen molar-refractivity contribution in [2.45, 2.75) is 25.3 Å². The summed E-state index contributed by atoms with van der Waals surface area (Å²) in [7, 11) is 0. The summed E-state index contributed by atoms with van der Waals surface area (Å²) in [6, 6.07) is 15.8. The van der Waals surface area contributed by atoms with Gasteiger partial charge in [-0.15, -0.1) is 0 Å². The van der Waals surface area contributed by atoms with Crippen LogP contribution in [0, 0.1) is 0 Å². The fraction of sp³-hybridized carbons (Fsp3) is 0.217. The first kappa shape index (κ1) is 22.5. The van der Waals surface area contributed by atoms with Crippen LogP contribution in [0.2, 0.25) is 0 Å². The van der Waals surface area contributed by atoms with E-state index < -0.39 is 23.5 Å². The normalized spacial score (nSPS) is 11.6. The number of hydrogen-bond donors (Lipinski definition) is 5. The number of amides is 1. The number of carbonyl (C=O) groups is 2. The average Bonchev–Trinajstić information content (AvgIpc) is 2.75. The number of hydrogen-bond acceptors (Lipinski definition) is 4. The molecular weight excluding hydrogens is 410 g/mol. The van der Waals surface area contributed by atoms with Crippen molar-refractivity contribution in [2.75, 3.05) is 6.54 Å². The fourth-order valence-electron chi connectivity index (χ4n) is 3.45. The number of aliphatic carboxylic acids is 1. The number of carboxylic acids is 1. The zero-order chi connectivity index (χ0) is 23.1. The van der Waals surface area contributed by atoms with Crippen molar-refractivity contribution in [3.05, 3.63) is 81.8 Å². The van der Waals surface area contributed by atoms with Crippen LogP contribution in [0.15, 0.2) is 64.4 Å². The topological polar surface area (TPSA) is 164 Å². The first-order valence-corrected chi connectivity index (χ1v) is 10.1. The third-order valence-corrected chi connectivity index (χ3v) is 5.02. The van der Waals surface area contributed by atoms with Crippen LogP contribution >= 0.6 is 0 Å². The largest absolute Gasteiger partial charge is 0.480 e. The average molecular weight is 435 g/mol. The summed E-state index contributed by atoms with van der Waals surface area (Å²) in [5.41, 5.74) is 11.4. The minimum Gasteiger partial charge on any atom is -0.480 e. The molecule has 0 spiro atoms. The maximum Gasteiger partial charge on any atom is 0.326 e. The van der Waals surface area contributed by atoms with E-state index in [2.05, 4.69) is 15.3 Å². The van der Waals surface area contributed by atoms with Gasteiger partial charge in [0.15, 0.2) is 5.96 Å². The molecule has 3 aromatic rings. The molecule has 1 heterocycles. The number of nitrogens with one attached hydrogen (secondary N) is 2. The minimum atomic E-state index is -1.20. The molecule has 0 saturated heterocycles. The molecule has 9 heteroatoms. The molecule has 3 rings (SSSR count). The number of H-pyrrole nitrogens is 1. The number of benzene rings is 2. The summed E-state index contributed by atoms with van der Waals surface area (Å²) in [5, 5.41) is 13.9. The van der Waals surface area contributed by atoms with Gasteiger partial charge in [0.25, 0.3) is 11.5 Å².